The van der Waals surface area contributed by atoms with E-state index in [1.165, 1.54) is 4.68 Å². The highest BCUT2D eigenvalue weighted by atomic mass is 16.2. The number of amides is 1. The number of ketones is 1. The first kappa shape index (κ1) is 19.8. The molecule has 1 saturated heterocycles. The summed E-state index contributed by atoms with van der Waals surface area (Å²) >= 11 is 0. The molecule has 1 aromatic heterocycles. The third kappa shape index (κ3) is 4.07. The van der Waals surface area contributed by atoms with E-state index in [1.54, 1.807) is 25.1 Å². The molecule has 3 aromatic rings. The standard InChI is InChI=1S/C22H23N5O3/c1-16(28)17-6-8-18(9-7-17)25-12-14-26(15-13-25)21(29)10-11-27-22(30)19-4-2-3-5-20(19)23-24-27/h2-9H,10-15H2,1H3. The van der Waals surface area contributed by atoms with E-state index in [9.17, 15) is 14.4 Å². The van der Waals surface area contributed by atoms with Crippen molar-refractivity contribution >= 4 is 28.3 Å². The van der Waals surface area contributed by atoms with Crippen LogP contribution in [-0.4, -0.2) is 57.8 Å². The molecule has 0 atom stereocenters. The molecule has 0 saturated carbocycles. The molecule has 1 aliphatic rings. The SMILES string of the molecule is CC(=O)c1ccc(N2CCN(C(=O)CCn3nnc4ccccc4c3=O)CC2)cc1. The minimum absolute atomic E-state index is 0.00318. The molecule has 2 heterocycles. The van der Waals surface area contributed by atoms with E-state index in [2.05, 4.69) is 15.2 Å². The summed E-state index contributed by atoms with van der Waals surface area (Å²) in [5.41, 5.74) is 2.06. The number of hydrogen-bond acceptors (Lipinski definition) is 6. The van der Waals surface area contributed by atoms with Gasteiger partial charge in [-0.1, -0.05) is 17.3 Å². The molecular formula is C22H23N5O3. The zero-order valence-corrected chi connectivity index (χ0v) is 16.8. The fourth-order valence-corrected chi connectivity index (χ4v) is 3.65. The monoisotopic (exact) mass is 405 g/mol. The molecule has 8 nitrogen and oxygen atoms in total. The van der Waals surface area contributed by atoms with Crippen molar-refractivity contribution in [2.24, 2.45) is 0 Å². The minimum Gasteiger partial charge on any atom is -0.368 e. The first-order chi connectivity index (χ1) is 14.5. The molecule has 1 fully saturated rings. The second-order valence-corrected chi connectivity index (χ2v) is 7.36. The van der Waals surface area contributed by atoms with Crippen LogP contribution in [0.15, 0.2) is 53.3 Å². The van der Waals surface area contributed by atoms with Crippen LogP contribution in [0.4, 0.5) is 5.69 Å². The number of Topliss-reactive ketones (excluding diaryl/α,β-unsaturated/α-hetero) is 1. The lowest BCUT2D eigenvalue weighted by Crippen LogP contribution is -2.49. The van der Waals surface area contributed by atoms with Crippen molar-refractivity contribution < 1.29 is 9.59 Å². The molecular weight excluding hydrogens is 382 g/mol. The molecule has 154 valence electrons. The Morgan fingerprint density at radius 2 is 1.67 bits per heavy atom. The highest BCUT2D eigenvalue weighted by Crippen LogP contribution is 2.18. The second kappa shape index (κ2) is 8.44. The molecule has 0 radical (unpaired) electrons. The second-order valence-electron chi connectivity index (χ2n) is 7.36. The van der Waals surface area contributed by atoms with Gasteiger partial charge in [0.05, 0.1) is 11.9 Å². The lowest BCUT2D eigenvalue weighted by Gasteiger charge is -2.36. The van der Waals surface area contributed by atoms with Crippen molar-refractivity contribution in [3.63, 3.8) is 0 Å². The van der Waals surface area contributed by atoms with Gasteiger partial charge >= 0.3 is 0 Å². The van der Waals surface area contributed by atoms with Crippen molar-refractivity contribution in [3.8, 4) is 0 Å². The summed E-state index contributed by atoms with van der Waals surface area (Å²) in [5, 5.41) is 8.50. The highest BCUT2D eigenvalue weighted by molar-refractivity contribution is 5.94. The van der Waals surface area contributed by atoms with Crippen LogP contribution in [0.3, 0.4) is 0 Å². The van der Waals surface area contributed by atoms with E-state index in [0.717, 1.165) is 18.8 Å². The Morgan fingerprint density at radius 3 is 2.37 bits per heavy atom. The van der Waals surface area contributed by atoms with Gasteiger partial charge in [-0.15, -0.1) is 5.10 Å². The highest BCUT2D eigenvalue weighted by Gasteiger charge is 2.21. The molecule has 2 aromatic carbocycles. The molecule has 1 aliphatic heterocycles. The third-order valence-electron chi connectivity index (χ3n) is 5.44. The van der Waals surface area contributed by atoms with Gasteiger partial charge in [-0.2, -0.15) is 0 Å². The van der Waals surface area contributed by atoms with Crippen molar-refractivity contribution in [3.05, 3.63) is 64.4 Å². The summed E-state index contributed by atoms with van der Waals surface area (Å²) in [4.78, 5) is 40.5. The number of carbonyl (C=O) groups is 2. The smallest absolute Gasteiger partial charge is 0.277 e. The predicted octanol–water partition coefficient (Wildman–Crippen LogP) is 1.73. The maximum atomic E-state index is 12.6. The van der Waals surface area contributed by atoms with Crippen LogP contribution < -0.4 is 10.5 Å². The minimum atomic E-state index is -0.229. The number of aryl methyl sites for hydroxylation is 1. The Kier molecular flexibility index (Phi) is 5.56. The Hall–Kier alpha value is -3.55. The molecule has 0 N–H and O–H groups in total. The van der Waals surface area contributed by atoms with Gasteiger partial charge in [-0.05, 0) is 43.3 Å². The largest absolute Gasteiger partial charge is 0.368 e. The Labute approximate surface area is 173 Å². The van der Waals surface area contributed by atoms with Gasteiger partial charge in [-0.3, -0.25) is 14.4 Å². The number of rotatable bonds is 5. The molecule has 1 amide bonds. The number of fused-ring (bicyclic) bond motifs is 1. The summed E-state index contributed by atoms with van der Waals surface area (Å²) in [7, 11) is 0. The van der Waals surface area contributed by atoms with Crippen LogP contribution in [0.5, 0.6) is 0 Å². The molecule has 30 heavy (non-hydrogen) atoms. The van der Waals surface area contributed by atoms with Gasteiger partial charge in [0.2, 0.25) is 5.91 Å². The topological polar surface area (TPSA) is 88.4 Å². The average Bonchev–Trinajstić information content (AvgIpc) is 2.79. The molecule has 0 bridgehead atoms. The van der Waals surface area contributed by atoms with E-state index in [0.29, 0.717) is 29.6 Å². The maximum absolute atomic E-state index is 12.6. The van der Waals surface area contributed by atoms with E-state index in [1.807, 2.05) is 35.2 Å². The quantitative estimate of drug-likeness (QED) is 0.601. The molecule has 0 aliphatic carbocycles. The van der Waals surface area contributed by atoms with Gasteiger partial charge in [0, 0.05) is 43.9 Å². The number of nitrogens with zero attached hydrogens (tertiary/aromatic N) is 5. The first-order valence-corrected chi connectivity index (χ1v) is 9.99. The predicted molar refractivity (Wildman–Crippen MR) is 114 cm³/mol. The Bertz CT molecular complexity index is 1130. The summed E-state index contributed by atoms with van der Waals surface area (Å²) in [6.07, 6.45) is 0.209. The summed E-state index contributed by atoms with van der Waals surface area (Å²) < 4.78 is 1.26. The van der Waals surface area contributed by atoms with Crippen molar-refractivity contribution in [2.45, 2.75) is 19.9 Å². The van der Waals surface area contributed by atoms with Crippen LogP contribution in [0.1, 0.15) is 23.7 Å². The fraction of sp³-hybridized carbons (Fsp3) is 0.318. The molecule has 4 rings (SSSR count). The third-order valence-corrected chi connectivity index (χ3v) is 5.44. The number of anilines is 1. The normalized spacial score (nSPS) is 14.2. The zero-order chi connectivity index (χ0) is 21.1. The molecule has 8 heteroatoms. The van der Waals surface area contributed by atoms with E-state index in [-0.39, 0.29) is 30.2 Å². The van der Waals surface area contributed by atoms with Crippen LogP contribution in [-0.2, 0) is 11.3 Å². The van der Waals surface area contributed by atoms with Gasteiger partial charge in [0.1, 0.15) is 5.52 Å². The summed E-state index contributed by atoms with van der Waals surface area (Å²) in [5.74, 6) is 0.0515. The fourth-order valence-electron chi connectivity index (χ4n) is 3.65. The number of piperazine rings is 1. The van der Waals surface area contributed by atoms with Gasteiger partial charge in [0.15, 0.2) is 5.78 Å². The van der Waals surface area contributed by atoms with Crippen LogP contribution in [0.25, 0.3) is 10.9 Å². The Morgan fingerprint density at radius 1 is 0.967 bits per heavy atom. The first-order valence-electron chi connectivity index (χ1n) is 9.99. The van der Waals surface area contributed by atoms with E-state index in [4.69, 9.17) is 0 Å². The lowest BCUT2D eigenvalue weighted by molar-refractivity contribution is -0.131. The summed E-state index contributed by atoms with van der Waals surface area (Å²) in [6, 6.07) is 14.6. The van der Waals surface area contributed by atoms with Crippen molar-refractivity contribution in [2.75, 3.05) is 31.1 Å². The summed E-state index contributed by atoms with van der Waals surface area (Å²) in [6.45, 7) is 4.44. The zero-order valence-electron chi connectivity index (χ0n) is 16.8. The number of hydrogen-bond donors (Lipinski definition) is 0. The van der Waals surface area contributed by atoms with Crippen molar-refractivity contribution in [1.29, 1.82) is 0 Å². The van der Waals surface area contributed by atoms with E-state index < -0.39 is 0 Å². The van der Waals surface area contributed by atoms with Crippen LogP contribution in [0.2, 0.25) is 0 Å². The number of benzene rings is 2. The van der Waals surface area contributed by atoms with Crippen molar-refractivity contribution in [1.82, 2.24) is 19.9 Å². The van der Waals surface area contributed by atoms with E-state index >= 15 is 0 Å². The lowest BCUT2D eigenvalue weighted by atomic mass is 10.1. The number of aromatic nitrogens is 3. The Balaban J connectivity index is 1.33. The van der Waals surface area contributed by atoms with Gasteiger partial charge in [-0.25, -0.2) is 4.68 Å². The van der Waals surface area contributed by atoms with Gasteiger partial charge < -0.3 is 9.80 Å². The maximum Gasteiger partial charge on any atom is 0.277 e. The number of carbonyl (C=O) groups excluding carboxylic acids is 2. The van der Waals surface area contributed by atoms with Crippen LogP contribution >= 0.6 is 0 Å². The molecule has 0 unspecified atom stereocenters. The van der Waals surface area contributed by atoms with Gasteiger partial charge in [0.25, 0.3) is 5.56 Å². The molecule has 0 spiro atoms. The van der Waals surface area contributed by atoms with Crippen LogP contribution in [0, 0.1) is 0 Å². The average molecular weight is 405 g/mol.